The number of phosphoric acid groups is 1. The second kappa shape index (κ2) is 52.3. The average Bonchev–Trinajstić information content (AvgIpc) is 3.32. The third-order valence-electron chi connectivity index (χ3n) is 11.0. The van der Waals surface area contributed by atoms with Crippen LogP contribution in [0.1, 0.15) is 219 Å². The van der Waals surface area contributed by atoms with E-state index in [1.807, 2.05) is 0 Å². The van der Waals surface area contributed by atoms with Gasteiger partial charge >= 0.3 is 19.8 Å². The standard InChI is InChI=1S/C57H98NO8P/c1-3-5-7-9-11-13-15-17-19-21-23-25-26-27-28-30-31-33-35-37-39-41-43-45-47-49-56(59)63-53-55(54-65-67(61,62)64-52-51-58)66-57(60)50-48-46-44-42-40-38-36-34-32-29-24-22-20-18-16-14-12-10-8-6-4-2/h6,8,12,14-15,17-18,20-21,23-24,26-27,29,34,36,55H,3-5,7,9-11,13,16,19,22,25,28,30-33,35,37-54,58H2,1-2H3,(H,61,62)/b8-6-,14-12-,17-15-,20-18-,23-21-,27-26-,29-24-,36-34-. The third kappa shape index (κ3) is 52.2. The maximum Gasteiger partial charge on any atom is 0.472 e. The van der Waals surface area contributed by atoms with Crippen LogP contribution in [0, 0.1) is 0 Å². The summed E-state index contributed by atoms with van der Waals surface area (Å²) < 4.78 is 32.9. The first kappa shape index (κ1) is 63.9. The van der Waals surface area contributed by atoms with Crippen LogP contribution in [0.2, 0.25) is 0 Å². The first-order valence-electron chi connectivity index (χ1n) is 26.7. The Kier molecular flexibility index (Phi) is 49.9. The van der Waals surface area contributed by atoms with Crippen molar-refractivity contribution in [1.29, 1.82) is 0 Å². The van der Waals surface area contributed by atoms with Crippen LogP contribution in [0.3, 0.4) is 0 Å². The highest BCUT2D eigenvalue weighted by Gasteiger charge is 2.26. The molecule has 3 N–H and O–H groups in total. The summed E-state index contributed by atoms with van der Waals surface area (Å²) in [5.41, 5.74) is 5.37. The predicted octanol–water partition coefficient (Wildman–Crippen LogP) is 16.5. The molecule has 0 saturated heterocycles. The number of phosphoric ester groups is 1. The van der Waals surface area contributed by atoms with Gasteiger partial charge in [0.1, 0.15) is 6.61 Å². The van der Waals surface area contributed by atoms with Crippen LogP contribution < -0.4 is 5.73 Å². The Labute approximate surface area is 410 Å². The van der Waals surface area contributed by atoms with E-state index in [0.717, 1.165) is 109 Å². The highest BCUT2D eigenvalue weighted by Crippen LogP contribution is 2.43. The summed E-state index contributed by atoms with van der Waals surface area (Å²) in [4.78, 5) is 35.1. The zero-order chi connectivity index (χ0) is 48.8. The molecule has 0 aliphatic rings. The lowest BCUT2D eigenvalue weighted by atomic mass is 10.1. The van der Waals surface area contributed by atoms with E-state index >= 15 is 0 Å². The monoisotopic (exact) mass is 956 g/mol. The van der Waals surface area contributed by atoms with Crippen molar-refractivity contribution in [3.63, 3.8) is 0 Å². The van der Waals surface area contributed by atoms with Crippen molar-refractivity contribution < 1.29 is 37.6 Å². The first-order chi connectivity index (χ1) is 32.8. The molecule has 0 radical (unpaired) electrons. The third-order valence-corrected chi connectivity index (χ3v) is 11.9. The van der Waals surface area contributed by atoms with Gasteiger partial charge in [0.2, 0.25) is 0 Å². The molecule has 2 unspecified atom stereocenters. The normalized spacial score (nSPS) is 13.9. The summed E-state index contributed by atoms with van der Waals surface area (Å²) in [5, 5.41) is 0. The highest BCUT2D eigenvalue weighted by molar-refractivity contribution is 7.47. The molecule has 10 heteroatoms. The van der Waals surface area contributed by atoms with Crippen molar-refractivity contribution in [3.8, 4) is 0 Å². The molecule has 0 bridgehead atoms. The zero-order valence-electron chi connectivity index (χ0n) is 42.6. The molecule has 384 valence electrons. The zero-order valence-corrected chi connectivity index (χ0v) is 43.5. The molecule has 0 saturated carbocycles. The number of hydrogen-bond acceptors (Lipinski definition) is 8. The molecule has 0 aliphatic carbocycles. The fourth-order valence-corrected chi connectivity index (χ4v) is 7.79. The minimum Gasteiger partial charge on any atom is -0.462 e. The molecule has 0 fully saturated rings. The lowest BCUT2D eigenvalue weighted by molar-refractivity contribution is -0.161. The Morgan fingerprint density at radius 1 is 0.463 bits per heavy atom. The van der Waals surface area contributed by atoms with Crippen molar-refractivity contribution in [3.05, 3.63) is 97.2 Å². The highest BCUT2D eigenvalue weighted by atomic mass is 31.2. The Balaban J connectivity index is 4.09. The Morgan fingerprint density at radius 2 is 0.821 bits per heavy atom. The van der Waals surface area contributed by atoms with Gasteiger partial charge < -0.3 is 20.1 Å². The molecule has 0 aromatic rings. The minimum absolute atomic E-state index is 0.0442. The van der Waals surface area contributed by atoms with E-state index in [-0.39, 0.29) is 32.6 Å². The molecule has 0 rings (SSSR count). The molecule has 0 heterocycles. The number of unbranched alkanes of at least 4 members (excludes halogenated alkanes) is 20. The fourth-order valence-electron chi connectivity index (χ4n) is 7.02. The second-order valence-corrected chi connectivity index (χ2v) is 18.8. The van der Waals surface area contributed by atoms with Crippen LogP contribution in [0.25, 0.3) is 0 Å². The van der Waals surface area contributed by atoms with Gasteiger partial charge in [-0.05, 0) is 96.3 Å². The van der Waals surface area contributed by atoms with E-state index in [2.05, 4.69) is 111 Å². The lowest BCUT2D eigenvalue weighted by Gasteiger charge is -2.19. The molecule has 0 aromatic heterocycles. The molecule has 2 atom stereocenters. The van der Waals surface area contributed by atoms with Gasteiger partial charge in [0.15, 0.2) is 6.10 Å². The van der Waals surface area contributed by atoms with Crippen LogP contribution in [-0.4, -0.2) is 49.3 Å². The van der Waals surface area contributed by atoms with Crippen molar-refractivity contribution in [2.45, 2.75) is 225 Å². The van der Waals surface area contributed by atoms with E-state index in [4.69, 9.17) is 24.3 Å². The maximum atomic E-state index is 12.7. The van der Waals surface area contributed by atoms with Gasteiger partial charge in [-0.15, -0.1) is 0 Å². The average molecular weight is 956 g/mol. The smallest absolute Gasteiger partial charge is 0.462 e. The summed E-state index contributed by atoms with van der Waals surface area (Å²) in [6, 6.07) is 0. The Bertz CT molecular complexity index is 1410. The van der Waals surface area contributed by atoms with Gasteiger partial charge in [0.25, 0.3) is 0 Å². The summed E-state index contributed by atoms with van der Waals surface area (Å²) in [5.74, 6) is -0.859. The van der Waals surface area contributed by atoms with Gasteiger partial charge in [-0.25, -0.2) is 4.57 Å². The molecule has 0 spiro atoms. The molecule has 0 amide bonds. The van der Waals surface area contributed by atoms with Crippen molar-refractivity contribution in [2.24, 2.45) is 5.73 Å². The van der Waals surface area contributed by atoms with Crippen LogP contribution >= 0.6 is 7.82 Å². The number of nitrogens with two attached hydrogens (primary N) is 1. The summed E-state index contributed by atoms with van der Waals surface area (Å²) >= 11 is 0. The Morgan fingerprint density at radius 3 is 1.22 bits per heavy atom. The fraction of sp³-hybridized carbons (Fsp3) is 0.684. The topological polar surface area (TPSA) is 134 Å². The number of carbonyl (C=O) groups is 2. The first-order valence-corrected chi connectivity index (χ1v) is 28.2. The van der Waals surface area contributed by atoms with E-state index < -0.39 is 32.5 Å². The quantitative estimate of drug-likeness (QED) is 0.0264. The summed E-state index contributed by atoms with van der Waals surface area (Å²) in [6.45, 7) is 3.58. The summed E-state index contributed by atoms with van der Waals surface area (Å²) in [6.07, 6.45) is 68.7. The second-order valence-electron chi connectivity index (χ2n) is 17.4. The van der Waals surface area contributed by atoms with Gasteiger partial charge in [0, 0.05) is 19.4 Å². The molecule has 67 heavy (non-hydrogen) atoms. The van der Waals surface area contributed by atoms with Gasteiger partial charge in [-0.2, -0.15) is 0 Å². The van der Waals surface area contributed by atoms with E-state index in [0.29, 0.717) is 6.42 Å². The molecular weight excluding hydrogens is 858 g/mol. The van der Waals surface area contributed by atoms with Crippen molar-refractivity contribution in [1.82, 2.24) is 0 Å². The van der Waals surface area contributed by atoms with E-state index in [1.54, 1.807) is 0 Å². The van der Waals surface area contributed by atoms with Gasteiger partial charge in [0.05, 0.1) is 13.2 Å². The number of ether oxygens (including phenoxy) is 2. The molecule has 0 aliphatic heterocycles. The number of hydrogen-bond donors (Lipinski definition) is 2. The van der Waals surface area contributed by atoms with Gasteiger partial charge in [-0.1, -0.05) is 207 Å². The van der Waals surface area contributed by atoms with Crippen LogP contribution in [0.15, 0.2) is 97.2 Å². The minimum atomic E-state index is -4.40. The number of esters is 2. The van der Waals surface area contributed by atoms with Crippen molar-refractivity contribution in [2.75, 3.05) is 26.4 Å². The predicted molar refractivity (Wildman–Crippen MR) is 284 cm³/mol. The molecule has 9 nitrogen and oxygen atoms in total. The number of carbonyl (C=O) groups excluding carboxylic acids is 2. The molecular formula is C57H98NO8P. The van der Waals surface area contributed by atoms with Crippen LogP contribution in [0.5, 0.6) is 0 Å². The van der Waals surface area contributed by atoms with Crippen LogP contribution in [-0.2, 0) is 32.7 Å². The van der Waals surface area contributed by atoms with Gasteiger partial charge in [-0.3, -0.25) is 18.6 Å². The maximum absolute atomic E-state index is 12.7. The molecule has 0 aromatic carbocycles. The Hall–Kier alpha value is -3.07. The number of rotatable bonds is 49. The largest absolute Gasteiger partial charge is 0.472 e. The summed E-state index contributed by atoms with van der Waals surface area (Å²) in [7, 11) is -4.40. The number of allylic oxidation sites excluding steroid dienone is 16. The van der Waals surface area contributed by atoms with Crippen molar-refractivity contribution >= 4 is 19.8 Å². The lowest BCUT2D eigenvalue weighted by Crippen LogP contribution is -2.29. The van der Waals surface area contributed by atoms with Crippen LogP contribution in [0.4, 0.5) is 0 Å². The van der Waals surface area contributed by atoms with E-state index in [1.165, 1.54) is 77.0 Å². The van der Waals surface area contributed by atoms with E-state index in [9.17, 15) is 19.0 Å². The SMILES string of the molecule is CC/C=C\C/C=C\C/C=C\C/C=C\C/C=C\CCCCCCCC(=O)OC(COC(=O)CCCCCCCCCCCC/C=C\C/C=C\C/C=C\CCCCCCC)COP(=O)(O)OCCN.